The number of carbonyl (C=O) groups excluding carboxylic acids is 2. The minimum Gasteiger partial charge on any atom is -0.298 e. The molecule has 0 spiro atoms. The van der Waals surface area contributed by atoms with E-state index in [2.05, 4.69) is 43.2 Å². The smallest absolute Gasteiger partial charge is 0.270 e. The van der Waals surface area contributed by atoms with Crippen LogP contribution >= 0.6 is 44.1 Å². The average molecular weight is 556 g/mol. The number of benzene rings is 3. The topological polar surface area (TPSA) is 49.4 Å². The third kappa shape index (κ3) is 4.69. The Bertz CT molecular complexity index is 1230. The summed E-state index contributed by atoms with van der Waals surface area (Å²) in [5, 5.41) is 2.68. The molecule has 1 N–H and O–H groups in total. The van der Waals surface area contributed by atoms with E-state index in [1.807, 2.05) is 54.6 Å². The van der Waals surface area contributed by atoms with Gasteiger partial charge < -0.3 is 0 Å². The number of anilines is 1. The molecule has 3 aromatic carbocycles. The lowest BCUT2D eigenvalue weighted by atomic mass is 10.0. The van der Waals surface area contributed by atoms with E-state index in [1.165, 1.54) is 10.5 Å². The van der Waals surface area contributed by atoms with E-state index in [-0.39, 0.29) is 10.7 Å². The van der Waals surface area contributed by atoms with Crippen LogP contribution in [0.5, 0.6) is 0 Å². The van der Waals surface area contributed by atoms with Crippen molar-refractivity contribution in [2.75, 3.05) is 4.90 Å². The predicted molar refractivity (Wildman–Crippen MR) is 134 cm³/mol. The first-order valence-electron chi connectivity index (χ1n) is 9.42. The highest BCUT2D eigenvalue weighted by Crippen LogP contribution is 2.27. The molecule has 1 aliphatic rings. The van der Waals surface area contributed by atoms with Crippen LogP contribution in [0.15, 0.2) is 87.3 Å². The summed E-state index contributed by atoms with van der Waals surface area (Å²) in [4.78, 5) is 26.9. The number of nitrogens with one attached hydrogen (secondary N) is 1. The number of hydrogen-bond donors (Lipinski definition) is 1. The molecule has 3 aromatic rings. The van der Waals surface area contributed by atoms with Crippen LogP contribution in [0.3, 0.4) is 0 Å². The highest BCUT2D eigenvalue weighted by atomic mass is 79.9. The molecule has 1 heterocycles. The first-order chi connectivity index (χ1) is 14.9. The molecule has 4 nitrogen and oxygen atoms in total. The zero-order valence-corrected chi connectivity index (χ0v) is 20.1. The first kappa shape index (κ1) is 21.6. The summed E-state index contributed by atoms with van der Waals surface area (Å²) in [6.07, 6.45) is 2.33. The number of thiocarbonyl (C=S) groups is 1. The monoisotopic (exact) mass is 554 g/mol. The van der Waals surface area contributed by atoms with E-state index >= 15 is 0 Å². The Hall–Kier alpha value is -2.61. The van der Waals surface area contributed by atoms with Crippen LogP contribution < -0.4 is 10.2 Å². The molecule has 0 radical (unpaired) electrons. The van der Waals surface area contributed by atoms with Crippen LogP contribution in [-0.4, -0.2) is 16.9 Å². The zero-order valence-electron chi connectivity index (χ0n) is 16.1. The molecule has 0 bridgehead atoms. The number of carbonyl (C=O) groups is 2. The lowest BCUT2D eigenvalue weighted by Crippen LogP contribution is -2.54. The number of nitrogens with zero attached hydrogens (tertiary/aromatic N) is 1. The number of rotatable bonds is 4. The second-order valence-electron chi connectivity index (χ2n) is 6.91. The van der Waals surface area contributed by atoms with Gasteiger partial charge in [0.25, 0.3) is 11.8 Å². The van der Waals surface area contributed by atoms with E-state index in [1.54, 1.807) is 18.2 Å². The summed E-state index contributed by atoms with van der Waals surface area (Å²) in [5.74, 6) is -0.955. The van der Waals surface area contributed by atoms with Gasteiger partial charge >= 0.3 is 0 Å². The van der Waals surface area contributed by atoms with Gasteiger partial charge in [-0.15, -0.1) is 0 Å². The second-order valence-corrected chi connectivity index (χ2v) is 9.01. The summed E-state index contributed by atoms with van der Waals surface area (Å²) < 4.78 is 1.95. The lowest BCUT2D eigenvalue weighted by molar-refractivity contribution is -0.122. The minimum atomic E-state index is -0.504. The van der Waals surface area contributed by atoms with Crippen molar-refractivity contribution in [1.29, 1.82) is 0 Å². The van der Waals surface area contributed by atoms with Gasteiger partial charge in [-0.2, -0.15) is 0 Å². The summed E-state index contributed by atoms with van der Waals surface area (Å²) >= 11 is 12.4. The Morgan fingerprint density at radius 2 is 1.55 bits per heavy atom. The van der Waals surface area contributed by atoms with Gasteiger partial charge in [0.1, 0.15) is 5.57 Å². The van der Waals surface area contributed by atoms with Crippen molar-refractivity contribution < 1.29 is 9.59 Å². The van der Waals surface area contributed by atoms with Gasteiger partial charge in [-0.25, -0.2) is 0 Å². The summed E-state index contributed by atoms with van der Waals surface area (Å²) in [7, 11) is 0. The van der Waals surface area contributed by atoms with E-state index in [9.17, 15) is 9.59 Å². The summed E-state index contributed by atoms with van der Waals surface area (Å²) in [6.45, 7) is 0. The zero-order chi connectivity index (χ0) is 22.0. The van der Waals surface area contributed by atoms with E-state index in [0.717, 1.165) is 26.5 Å². The number of halogens is 2. The van der Waals surface area contributed by atoms with Crippen LogP contribution in [-0.2, 0) is 16.0 Å². The van der Waals surface area contributed by atoms with Crippen LogP contribution in [0.1, 0.15) is 16.7 Å². The number of amides is 2. The summed E-state index contributed by atoms with van der Waals surface area (Å²) in [5.41, 5.74) is 3.64. The summed E-state index contributed by atoms with van der Waals surface area (Å²) in [6, 6.07) is 22.9. The van der Waals surface area contributed by atoms with Crippen molar-refractivity contribution in [3.63, 3.8) is 0 Å². The van der Waals surface area contributed by atoms with Crippen LogP contribution in [0.2, 0.25) is 0 Å². The molecule has 1 saturated heterocycles. The molecular weight excluding hydrogens is 540 g/mol. The molecule has 31 heavy (non-hydrogen) atoms. The van der Waals surface area contributed by atoms with Crippen molar-refractivity contribution >= 4 is 72.8 Å². The van der Waals surface area contributed by atoms with Gasteiger partial charge in [0.05, 0.1) is 5.69 Å². The molecule has 2 amide bonds. The van der Waals surface area contributed by atoms with Crippen LogP contribution in [0.4, 0.5) is 5.69 Å². The van der Waals surface area contributed by atoms with Gasteiger partial charge in [-0.05, 0) is 65.7 Å². The molecular formula is C24H16Br2N2O2S. The number of hydrogen-bond acceptors (Lipinski definition) is 3. The van der Waals surface area contributed by atoms with Crippen molar-refractivity contribution in [3.8, 4) is 0 Å². The fourth-order valence-electron chi connectivity index (χ4n) is 3.28. The molecule has 4 rings (SSSR count). The van der Waals surface area contributed by atoms with Gasteiger partial charge in [0.15, 0.2) is 5.11 Å². The van der Waals surface area contributed by atoms with E-state index in [0.29, 0.717) is 5.69 Å². The van der Waals surface area contributed by atoms with Crippen molar-refractivity contribution in [2.24, 2.45) is 0 Å². The molecule has 0 saturated carbocycles. The lowest BCUT2D eigenvalue weighted by Gasteiger charge is -2.28. The quantitative estimate of drug-likeness (QED) is 0.258. The minimum absolute atomic E-state index is 0.0305. The van der Waals surface area contributed by atoms with Crippen LogP contribution in [0, 0.1) is 0 Å². The van der Waals surface area contributed by atoms with Crippen molar-refractivity contribution in [3.05, 3.63) is 104 Å². The molecule has 0 atom stereocenters. The van der Waals surface area contributed by atoms with Gasteiger partial charge in [0.2, 0.25) is 0 Å². The Labute approximate surface area is 202 Å². The molecule has 0 aliphatic carbocycles. The third-order valence-electron chi connectivity index (χ3n) is 4.84. The Kier molecular flexibility index (Phi) is 6.46. The van der Waals surface area contributed by atoms with Crippen LogP contribution in [0.25, 0.3) is 6.08 Å². The maximum absolute atomic E-state index is 13.1. The second kappa shape index (κ2) is 9.26. The normalized spacial score (nSPS) is 15.4. The number of para-hydroxylation sites is 1. The fourth-order valence-corrected chi connectivity index (χ4v) is 4.52. The average Bonchev–Trinajstić information content (AvgIpc) is 2.75. The Morgan fingerprint density at radius 1 is 0.871 bits per heavy atom. The molecule has 1 fully saturated rings. The highest BCUT2D eigenvalue weighted by Gasteiger charge is 2.34. The van der Waals surface area contributed by atoms with Crippen molar-refractivity contribution in [2.45, 2.75) is 6.42 Å². The Balaban J connectivity index is 1.63. The molecule has 1 aliphatic heterocycles. The van der Waals surface area contributed by atoms with E-state index < -0.39 is 11.8 Å². The molecule has 0 unspecified atom stereocenters. The SMILES string of the molecule is O=C1NC(=S)N(c2ccccc2)C(=O)/C1=C\c1ccc(Cc2ccccc2Br)c(Br)c1. The third-order valence-corrected chi connectivity index (χ3v) is 6.64. The highest BCUT2D eigenvalue weighted by molar-refractivity contribution is 9.10. The van der Waals surface area contributed by atoms with Gasteiger partial charge in [-0.1, -0.05) is 80.4 Å². The predicted octanol–water partition coefficient (Wildman–Crippen LogP) is 5.63. The Morgan fingerprint density at radius 3 is 2.26 bits per heavy atom. The van der Waals surface area contributed by atoms with Gasteiger partial charge in [-0.3, -0.25) is 19.8 Å². The fraction of sp³-hybridized carbons (Fsp3) is 0.0417. The van der Waals surface area contributed by atoms with E-state index in [4.69, 9.17) is 12.2 Å². The van der Waals surface area contributed by atoms with Crippen molar-refractivity contribution in [1.82, 2.24) is 5.32 Å². The first-order valence-corrected chi connectivity index (χ1v) is 11.4. The standard InChI is InChI=1S/C24H16Br2N2O2S/c25-20-9-5-4-6-16(20)14-17-11-10-15(13-21(17)26)12-19-22(29)27-24(31)28(23(19)30)18-7-2-1-3-8-18/h1-13H,14H2,(H,27,29,31)/b19-12-. The maximum Gasteiger partial charge on any atom is 0.270 e. The molecule has 0 aromatic heterocycles. The maximum atomic E-state index is 13.1. The molecule has 7 heteroatoms. The molecule has 154 valence electrons. The van der Waals surface area contributed by atoms with Gasteiger partial charge in [0, 0.05) is 8.95 Å². The largest absolute Gasteiger partial charge is 0.298 e.